The van der Waals surface area contributed by atoms with E-state index in [2.05, 4.69) is 10.0 Å². The quantitative estimate of drug-likeness (QED) is 0.463. The van der Waals surface area contributed by atoms with Gasteiger partial charge in [-0.15, -0.1) is 0 Å². The van der Waals surface area contributed by atoms with Crippen LogP contribution < -0.4 is 14.3 Å². The molecule has 0 saturated carbocycles. The summed E-state index contributed by atoms with van der Waals surface area (Å²) >= 11 is 0. The van der Waals surface area contributed by atoms with Gasteiger partial charge in [0.1, 0.15) is 12.4 Å². The van der Waals surface area contributed by atoms with Crippen LogP contribution in [-0.2, 0) is 25.0 Å². The number of rotatable bonds is 9. The molecular weight excluding hydrogens is 483 g/mol. The minimum Gasteiger partial charge on any atom is -0.325 e. The van der Waals surface area contributed by atoms with E-state index in [0.717, 1.165) is 20.7 Å². The third-order valence-electron chi connectivity index (χ3n) is 4.62. The smallest absolute Gasteiger partial charge is 0.304 e. The first-order valence-corrected chi connectivity index (χ1v) is 12.8. The number of benzene rings is 3. The average molecular weight is 507 g/mol. The number of nitrogens with one attached hydrogen (secondary N) is 2. The SMILES string of the molecule is CN(C)S(=O)(=O)N(CC(=O)Nc1ccc(S(=O)(=O)Nc2ccccc2)cc1)c1ccc(F)cc1. The number of nitrogens with zero attached hydrogens (tertiary/aromatic N) is 2. The molecule has 0 aliphatic rings. The molecule has 3 rings (SSSR count). The molecule has 3 aromatic rings. The molecule has 2 N–H and O–H groups in total. The zero-order valence-electron chi connectivity index (χ0n) is 18.3. The number of hydrogen-bond acceptors (Lipinski definition) is 5. The second-order valence-electron chi connectivity index (χ2n) is 7.32. The first kappa shape index (κ1) is 25.1. The fraction of sp³-hybridized carbons (Fsp3) is 0.136. The van der Waals surface area contributed by atoms with Crippen molar-refractivity contribution in [2.24, 2.45) is 0 Å². The number of amides is 1. The lowest BCUT2D eigenvalue weighted by atomic mass is 10.3. The summed E-state index contributed by atoms with van der Waals surface area (Å²) in [6.07, 6.45) is 0. The first-order chi connectivity index (χ1) is 16.0. The summed E-state index contributed by atoms with van der Waals surface area (Å²) < 4.78 is 68.0. The van der Waals surface area contributed by atoms with Crippen molar-refractivity contribution in [3.8, 4) is 0 Å². The fourth-order valence-electron chi connectivity index (χ4n) is 2.88. The Labute approximate surface area is 198 Å². The highest BCUT2D eigenvalue weighted by molar-refractivity contribution is 7.92. The first-order valence-electron chi connectivity index (χ1n) is 9.92. The zero-order chi connectivity index (χ0) is 24.9. The predicted molar refractivity (Wildman–Crippen MR) is 129 cm³/mol. The third-order valence-corrected chi connectivity index (χ3v) is 7.83. The van der Waals surface area contributed by atoms with Crippen LogP contribution in [0.3, 0.4) is 0 Å². The molecule has 0 spiro atoms. The number of hydrogen-bond donors (Lipinski definition) is 2. The van der Waals surface area contributed by atoms with E-state index < -0.39 is 38.5 Å². The van der Waals surface area contributed by atoms with Crippen molar-refractivity contribution < 1.29 is 26.0 Å². The number of anilines is 3. The maximum absolute atomic E-state index is 13.3. The fourth-order valence-corrected chi connectivity index (χ4v) is 5.00. The number of carbonyl (C=O) groups is 1. The maximum atomic E-state index is 13.3. The Morgan fingerprint density at radius 1 is 0.824 bits per heavy atom. The van der Waals surface area contributed by atoms with Gasteiger partial charge in [0, 0.05) is 25.5 Å². The molecule has 3 aromatic carbocycles. The van der Waals surface area contributed by atoms with Crippen molar-refractivity contribution in [2.75, 3.05) is 35.0 Å². The lowest BCUT2D eigenvalue weighted by molar-refractivity contribution is -0.114. The summed E-state index contributed by atoms with van der Waals surface area (Å²) in [5.41, 5.74) is 0.784. The van der Waals surface area contributed by atoms with Gasteiger partial charge in [-0.1, -0.05) is 18.2 Å². The average Bonchev–Trinajstić information content (AvgIpc) is 2.79. The molecule has 0 bridgehead atoms. The van der Waals surface area contributed by atoms with Crippen LogP contribution in [0.4, 0.5) is 21.5 Å². The minimum atomic E-state index is -4.05. The van der Waals surface area contributed by atoms with E-state index in [1.54, 1.807) is 30.3 Å². The van der Waals surface area contributed by atoms with Crippen LogP contribution in [0, 0.1) is 5.82 Å². The normalized spacial score (nSPS) is 11.8. The molecule has 0 aliphatic heterocycles. The van der Waals surface area contributed by atoms with Gasteiger partial charge in [0.15, 0.2) is 0 Å². The number of carbonyl (C=O) groups excluding carboxylic acids is 1. The van der Waals surface area contributed by atoms with Gasteiger partial charge in [-0.25, -0.2) is 17.1 Å². The van der Waals surface area contributed by atoms with Crippen molar-refractivity contribution in [1.29, 1.82) is 0 Å². The lowest BCUT2D eigenvalue weighted by Crippen LogP contribution is -2.44. The monoisotopic (exact) mass is 506 g/mol. The van der Waals surface area contributed by atoms with E-state index in [1.165, 1.54) is 50.5 Å². The van der Waals surface area contributed by atoms with Crippen molar-refractivity contribution in [3.63, 3.8) is 0 Å². The maximum Gasteiger partial charge on any atom is 0.304 e. The molecule has 0 radical (unpaired) electrons. The van der Waals surface area contributed by atoms with Gasteiger partial charge in [-0.3, -0.25) is 9.52 Å². The summed E-state index contributed by atoms with van der Waals surface area (Å²) in [6.45, 7) is -0.582. The second kappa shape index (κ2) is 10.2. The van der Waals surface area contributed by atoms with Crippen LogP contribution in [0.2, 0.25) is 0 Å². The Morgan fingerprint density at radius 3 is 1.97 bits per heavy atom. The van der Waals surface area contributed by atoms with Crippen LogP contribution in [0.1, 0.15) is 0 Å². The summed E-state index contributed by atoms with van der Waals surface area (Å²) in [4.78, 5) is 12.6. The van der Waals surface area contributed by atoms with E-state index in [-0.39, 0.29) is 16.3 Å². The van der Waals surface area contributed by atoms with Gasteiger partial charge in [0.25, 0.3) is 10.0 Å². The van der Waals surface area contributed by atoms with Gasteiger partial charge in [0.2, 0.25) is 5.91 Å². The molecule has 0 unspecified atom stereocenters. The summed E-state index contributed by atoms with van der Waals surface area (Å²) in [5, 5.41) is 2.54. The highest BCUT2D eigenvalue weighted by Crippen LogP contribution is 2.21. The van der Waals surface area contributed by atoms with E-state index >= 15 is 0 Å². The van der Waals surface area contributed by atoms with E-state index in [9.17, 15) is 26.0 Å². The van der Waals surface area contributed by atoms with Crippen LogP contribution in [0.5, 0.6) is 0 Å². The molecular formula is C22H23FN4O5S2. The molecule has 1 amide bonds. The van der Waals surface area contributed by atoms with Gasteiger partial charge in [0.05, 0.1) is 10.6 Å². The van der Waals surface area contributed by atoms with Crippen molar-refractivity contribution in [2.45, 2.75) is 4.90 Å². The Balaban J connectivity index is 1.74. The van der Waals surface area contributed by atoms with E-state index in [4.69, 9.17) is 0 Å². The summed E-state index contributed by atoms with van der Waals surface area (Å²) in [5.74, 6) is -1.22. The molecule has 0 fully saturated rings. The summed E-state index contributed by atoms with van der Waals surface area (Å²) in [6, 6.07) is 18.5. The standard InChI is InChI=1S/C22H23FN4O5S2/c1-26(2)34(31,32)27(20-12-8-17(23)9-13-20)16-22(28)24-18-10-14-21(15-11-18)33(29,30)25-19-6-4-3-5-7-19/h3-15,25H,16H2,1-2H3,(H,24,28). The zero-order valence-corrected chi connectivity index (χ0v) is 20.0. The van der Waals surface area contributed by atoms with Crippen LogP contribution in [0.15, 0.2) is 83.8 Å². The highest BCUT2D eigenvalue weighted by Gasteiger charge is 2.27. The minimum absolute atomic E-state index is 0.0162. The Kier molecular flexibility index (Phi) is 7.54. The van der Waals surface area contributed by atoms with Crippen LogP contribution in [0.25, 0.3) is 0 Å². The Bertz CT molecular complexity index is 1350. The Hall–Kier alpha value is -3.48. The van der Waals surface area contributed by atoms with Crippen molar-refractivity contribution in [3.05, 3.63) is 84.7 Å². The summed E-state index contributed by atoms with van der Waals surface area (Å²) in [7, 11) is -5.26. The van der Waals surface area contributed by atoms with Gasteiger partial charge >= 0.3 is 10.2 Å². The lowest BCUT2D eigenvalue weighted by Gasteiger charge is -2.26. The largest absolute Gasteiger partial charge is 0.325 e. The van der Waals surface area contributed by atoms with Gasteiger partial charge in [-0.2, -0.15) is 12.7 Å². The molecule has 0 atom stereocenters. The topological polar surface area (TPSA) is 116 Å². The molecule has 180 valence electrons. The molecule has 9 nitrogen and oxygen atoms in total. The third kappa shape index (κ3) is 6.10. The number of halogens is 1. The van der Waals surface area contributed by atoms with Crippen LogP contribution in [-0.4, -0.2) is 47.7 Å². The molecule has 34 heavy (non-hydrogen) atoms. The molecule has 12 heteroatoms. The number of sulfonamides is 1. The molecule has 0 aliphatic carbocycles. The van der Waals surface area contributed by atoms with Crippen LogP contribution >= 0.6 is 0 Å². The second-order valence-corrected chi connectivity index (χ2v) is 11.1. The van der Waals surface area contributed by atoms with Crippen molar-refractivity contribution in [1.82, 2.24) is 4.31 Å². The molecule has 0 saturated heterocycles. The highest BCUT2D eigenvalue weighted by atomic mass is 32.2. The van der Waals surface area contributed by atoms with Gasteiger partial charge in [-0.05, 0) is 60.7 Å². The molecule has 0 heterocycles. The number of para-hydroxylation sites is 1. The van der Waals surface area contributed by atoms with Gasteiger partial charge < -0.3 is 5.32 Å². The van der Waals surface area contributed by atoms with Crippen molar-refractivity contribution >= 4 is 43.2 Å². The van der Waals surface area contributed by atoms with E-state index in [0.29, 0.717) is 5.69 Å². The Morgan fingerprint density at radius 2 is 1.41 bits per heavy atom. The molecule has 0 aromatic heterocycles. The predicted octanol–water partition coefficient (Wildman–Crippen LogP) is 2.88. The van der Waals surface area contributed by atoms with E-state index in [1.807, 2.05) is 0 Å².